The van der Waals surface area contributed by atoms with Crippen LogP contribution in [0.25, 0.3) is 0 Å². The molecule has 7 nitrogen and oxygen atoms in total. The summed E-state index contributed by atoms with van der Waals surface area (Å²) in [4.78, 5) is 51.2. The van der Waals surface area contributed by atoms with Crippen LogP contribution in [0.1, 0.15) is 41.5 Å². The van der Waals surface area contributed by atoms with Gasteiger partial charge in [0.05, 0.1) is 7.11 Å². The average molecular weight is 289 g/mol. The van der Waals surface area contributed by atoms with Gasteiger partial charge in [-0.3, -0.25) is 19.2 Å². The summed E-state index contributed by atoms with van der Waals surface area (Å²) in [6.07, 6.45) is 0. The number of methoxy groups -OCH3 is 1. The van der Waals surface area contributed by atoms with Crippen molar-refractivity contribution in [3.8, 4) is 0 Å². The number of rotatable bonds is 1. The van der Waals surface area contributed by atoms with Crippen LogP contribution in [0.2, 0.25) is 0 Å². The number of amides is 1. The first-order valence-electron chi connectivity index (χ1n) is 5.42. The third kappa shape index (κ3) is 103. The van der Waals surface area contributed by atoms with Crippen LogP contribution in [0.15, 0.2) is 4.99 Å². The number of carbonyl (C=O) groups excluding carboxylic acids is 5. The zero-order chi connectivity index (χ0) is 17.3. The lowest BCUT2D eigenvalue weighted by Crippen LogP contribution is -2.01. The van der Waals surface area contributed by atoms with E-state index in [4.69, 9.17) is 0 Å². The van der Waals surface area contributed by atoms with Crippen molar-refractivity contribution in [2.45, 2.75) is 41.5 Å². The molecule has 20 heavy (non-hydrogen) atoms. The van der Waals surface area contributed by atoms with E-state index < -0.39 is 0 Å². The van der Waals surface area contributed by atoms with Gasteiger partial charge in [-0.1, -0.05) is 0 Å². The van der Waals surface area contributed by atoms with E-state index in [-0.39, 0.29) is 29.2 Å². The molecule has 0 rings (SSSR count). The predicted octanol–water partition coefficient (Wildman–Crippen LogP) is 1.17. The van der Waals surface area contributed by atoms with Gasteiger partial charge in [-0.25, -0.2) is 4.99 Å². The highest BCUT2D eigenvalue weighted by atomic mass is 16.5. The fourth-order valence-corrected chi connectivity index (χ4v) is 0. The molecule has 0 saturated carbocycles. The maximum atomic E-state index is 9.79. The van der Waals surface area contributed by atoms with E-state index in [1.165, 1.54) is 48.7 Å². The fourth-order valence-electron chi connectivity index (χ4n) is 0. The van der Waals surface area contributed by atoms with E-state index in [1.807, 2.05) is 0 Å². The Morgan fingerprint density at radius 3 is 0.950 bits per heavy atom. The zero-order valence-corrected chi connectivity index (χ0v) is 13.1. The van der Waals surface area contributed by atoms with Crippen LogP contribution in [0.4, 0.5) is 0 Å². The van der Waals surface area contributed by atoms with E-state index in [9.17, 15) is 24.0 Å². The molecule has 0 N–H and O–H groups in total. The molecule has 0 aliphatic rings. The smallest absolute Gasteiger partial charge is 0.302 e. The van der Waals surface area contributed by atoms with Crippen molar-refractivity contribution in [2.75, 3.05) is 7.11 Å². The molecule has 0 saturated heterocycles. The Kier molecular flexibility index (Phi) is 25.3. The Morgan fingerprint density at radius 2 is 0.950 bits per heavy atom. The standard InChI is InChI=1S/C4H6O2.C3H5NO.C3H6O2.C3H6O/c1-3(5)4(2)6;1-3(5)4-2;1-3(4)5-2;1-3(2)4/h1-2H3;2H2,1H3;1-2H3;1-2H3. The van der Waals surface area contributed by atoms with Gasteiger partial charge in [-0.15, -0.1) is 0 Å². The first-order valence-corrected chi connectivity index (χ1v) is 5.42. The van der Waals surface area contributed by atoms with Gasteiger partial charge in [-0.05, 0) is 20.6 Å². The van der Waals surface area contributed by atoms with Crippen molar-refractivity contribution in [1.29, 1.82) is 0 Å². The van der Waals surface area contributed by atoms with Gasteiger partial charge >= 0.3 is 5.97 Å². The Labute approximate surface area is 119 Å². The van der Waals surface area contributed by atoms with Crippen molar-refractivity contribution < 1.29 is 28.7 Å². The molecule has 1 amide bonds. The maximum Gasteiger partial charge on any atom is 0.302 e. The SMILES string of the molecule is C=NC(C)=O.CC(=O)C(C)=O.CC(C)=O.COC(C)=O. The van der Waals surface area contributed by atoms with Crippen LogP contribution < -0.4 is 0 Å². The van der Waals surface area contributed by atoms with Crippen molar-refractivity contribution >= 4 is 35.9 Å². The Hall–Kier alpha value is -2.18. The number of aliphatic imine (C=N–C) groups is 1. The molecule has 0 aliphatic carbocycles. The molecule has 0 aliphatic heterocycles. The Morgan fingerprint density at radius 1 is 0.800 bits per heavy atom. The van der Waals surface area contributed by atoms with Gasteiger partial charge in [0.15, 0.2) is 11.6 Å². The number of hydrogen-bond acceptors (Lipinski definition) is 6. The number of Topliss-reactive ketones (excluding diaryl/α,β-unsaturated/α-hetero) is 3. The number of nitrogens with zero attached hydrogens (tertiary/aromatic N) is 1. The fraction of sp³-hybridized carbons (Fsp3) is 0.538. The summed E-state index contributed by atoms with van der Waals surface area (Å²) >= 11 is 0. The summed E-state index contributed by atoms with van der Waals surface area (Å²) < 4.78 is 4.11. The molecular formula is C13H23NO6. The van der Waals surface area contributed by atoms with Crippen LogP contribution in [0, 0.1) is 0 Å². The second-order valence-electron chi connectivity index (χ2n) is 3.39. The molecule has 0 spiro atoms. The highest BCUT2D eigenvalue weighted by molar-refractivity contribution is 6.35. The molecule has 0 atom stereocenters. The van der Waals surface area contributed by atoms with Crippen LogP contribution in [-0.2, 0) is 28.7 Å². The molecule has 0 unspecified atom stereocenters. The minimum absolute atomic E-state index is 0.167. The van der Waals surface area contributed by atoms with E-state index in [0.717, 1.165) is 0 Å². The van der Waals surface area contributed by atoms with Crippen LogP contribution >= 0.6 is 0 Å². The molecule has 0 aromatic carbocycles. The summed E-state index contributed by atoms with van der Waals surface area (Å²) in [7, 11) is 1.35. The summed E-state index contributed by atoms with van der Waals surface area (Å²) in [5.74, 6) is -1.07. The van der Waals surface area contributed by atoms with Crippen molar-refractivity contribution in [1.82, 2.24) is 0 Å². The van der Waals surface area contributed by atoms with Gasteiger partial charge in [0.25, 0.3) is 0 Å². The zero-order valence-electron chi connectivity index (χ0n) is 13.1. The van der Waals surface area contributed by atoms with Gasteiger partial charge in [0.1, 0.15) is 5.78 Å². The third-order valence-corrected chi connectivity index (χ3v) is 1.01. The maximum absolute atomic E-state index is 9.79. The van der Waals surface area contributed by atoms with Crippen LogP contribution in [0.3, 0.4) is 0 Å². The summed E-state index contributed by atoms with van der Waals surface area (Å²) in [6, 6.07) is 0. The summed E-state index contributed by atoms with van der Waals surface area (Å²) in [6.45, 7) is 11.2. The number of ketones is 3. The quantitative estimate of drug-likeness (QED) is 0.407. The molecule has 0 heterocycles. The van der Waals surface area contributed by atoms with Gasteiger partial charge < -0.3 is 9.53 Å². The Bertz CT molecular complexity index is 331. The lowest BCUT2D eigenvalue weighted by Gasteiger charge is -1.80. The lowest BCUT2D eigenvalue weighted by molar-refractivity contribution is -0.138. The van der Waals surface area contributed by atoms with Crippen molar-refractivity contribution in [2.24, 2.45) is 4.99 Å². The normalized spacial score (nSPS) is 6.95. The second kappa shape index (κ2) is 19.2. The van der Waals surface area contributed by atoms with E-state index in [1.54, 1.807) is 0 Å². The minimum atomic E-state index is -0.380. The van der Waals surface area contributed by atoms with Gasteiger partial charge in [-0.2, -0.15) is 0 Å². The molecule has 0 radical (unpaired) electrons. The van der Waals surface area contributed by atoms with Gasteiger partial charge in [0, 0.05) is 27.7 Å². The molecule has 0 bridgehead atoms. The lowest BCUT2D eigenvalue weighted by atomic mass is 10.3. The first-order chi connectivity index (χ1) is 8.91. The largest absolute Gasteiger partial charge is 0.469 e. The number of esters is 1. The number of ether oxygens (including phenoxy) is 1. The average Bonchev–Trinajstić information content (AvgIpc) is 2.29. The third-order valence-electron chi connectivity index (χ3n) is 1.01. The predicted molar refractivity (Wildman–Crippen MR) is 75.6 cm³/mol. The van der Waals surface area contributed by atoms with Crippen LogP contribution in [-0.4, -0.2) is 43.1 Å². The molecule has 0 aromatic heterocycles. The van der Waals surface area contributed by atoms with Crippen molar-refractivity contribution in [3.63, 3.8) is 0 Å². The van der Waals surface area contributed by atoms with Crippen LogP contribution in [0.5, 0.6) is 0 Å². The summed E-state index contributed by atoms with van der Waals surface area (Å²) in [5.41, 5.74) is 0. The molecule has 0 fully saturated rings. The molecule has 116 valence electrons. The molecular weight excluding hydrogens is 266 g/mol. The first kappa shape index (κ1) is 26.4. The van der Waals surface area contributed by atoms with Crippen molar-refractivity contribution in [3.05, 3.63) is 0 Å². The highest BCUT2D eigenvalue weighted by Gasteiger charge is 1.94. The highest BCUT2D eigenvalue weighted by Crippen LogP contribution is 1.66. The minimum Gasteiger partial charge on any atom is -0.469 e. The molecule has 0 aromatic rings. The van der Waals surface area contributed by atoms with E-state index in [0.29, 0.717) is 0 Å². The summed E-state index contributed by atoms with van der Waals surface area (Å²) in [5, 5.41) is 0. The Balaban J connectivity index is -0.0000000862. The van der Waals surface area contributed by atoms with E-state index >= 15 is 0 Å². The monoisotopic (exact) mass is 289 g/mol. The second-order valence-corrected chi connectivity index (χ2v) is 3.39. The van der Waals surface area contributed by atoms with Gasteiger partial charge in [0.2, 0.25) is 5.91 Å². The number of carbonyl (C=O) groups is 5. The number of hydrogen-bond donors (Lipinski definition) is 0. The van der Waals surface area contributed by atoms with E-state index in [2.05, 4.69) is 16.4 Å². The molecule has 7 heteroatoms. The topological polar surface area (TPSA) is 107 Å².